The number of para-hydroxylation sites is 1. The summed E-state index contributed by atoms with van der Waals surface area (Å²) in [6.07, 6.45) is 6.51. The maximum atomic E-state index is 13.3. The quantitative estimate of drug-likeness (QED) is 0.535. The summed E-state index contributed by atoms with van der Waals surface area (Å²) in [6.45, 7) is 2.37. The SMILES string of the molecule is CC(=O)N1CC2(CCCCC2)c2cc(C(=O)Nc3ccccc3Cc3ccccc3)ccc21. The van der Waals surface area contributed by atoms with Crippen molar-refractivity contribution < 1.29 is 9.59 Å². The van der Waals surface area contributed by atoms with E-state index in [1.165, 1.54) is 30.4 Å². The van der Waals surface area contributed by atoms with Gasteiger partial charge in [0, 0.05) is 35.8 Å². The van der Waals surface area contributed by atoms with E-state index in [9.17, 15) is 9.59 Å². The van der Waals surface area contributed by atoms with Crippen LogP contribution in [0.25, 0.3) is 0 Å². The van der Waals surface area contributed by atoms with Crippen LogP contribution in [0.3, 0.4) is 0 Å². The van der Waals surface area contributed by atoms with Gasteiger partial charge in [0.25, 0.3) is 5.91 Å². The summed E-state index contributed by atoms with van der Waals surface area (Å²) in [5, 5.41) is 3.14. The van der Waals surface area contributed by atoms with Gasteiger partial charge in [0.15, 0.2) is 0 Å². The Balaban J connectivity index is 1.43. The fourth-order valence-corrected chi connectivity index (χ4v) is 5.55. The molecule has 2 aliphatic rings. The maximum Gasteiger partial charge on any atom is 0.255 e. The molecule has 0 bridgehead atoms. The summed E-state index contributed by atoms with van der Waals surface area (Å²) < 4.78 is 0. The zero-order chi connectivity index (χ0) is 22.8. The molecule has 1 aliphatic heterocycles. The van der Waals surface area contributed by atoms with E-state index in [0.29, 0.717) is 5.56 Å². The van der Waals surface area contributed by atoms with Crippen molar-refractivity contribution in [3.63, 3.8) is 0 Å². The van der Waals surface area contributed by atoms with Crippen LogP contribution in [-0.2, 0) is 16.6 Å². The van der Waals surface area contributed by atoms with Crippen LogP contribution in [0.15, 0.2) is 72.8 Å². The van der Waals surface area contributed by atoms with Crippen LogP contribution in [0.1, 0.15) is 66.1 Å². The summed E-state index contributed by atoms with van der Waals surface area (Å²) in [4.78, 5) is 27.5. The molecule has 1 spiro atoms. The van der Waals surface area contributed by atoms with Gasteiger partial charge in [-0.2, -0.15) is 0 Å². The van der Waals surface area contributed by atoms with Gasteiger partial charge in [-0.15, -0.1) is 0 Å². The zero-order valence-electron chi connectivity index (χ0n) is 19.1. The smallest absolute Gasteiger partial charge is 0.255 e. The van der Waals surface area contributed by atoms with E-state index in [1.807, 2.05) is 59.5 Å². The lowest BCUT2D eigenvalue weighted by Crippen LogP contribution is -2.37. The largest absolute Gasteiger partial charge is 0.322 e. The first-order valence-corrected chi connectivity index (χ1v) is 11.9. The molecule has 0 unspecified atom stereocenters. The molecule has 1 heterocycles. The van der Waals surface area contributed by atoms with Crippen molar-refractivity contribution in [2.45, 2.75) is 50.9 Å². The molecule has 1 saturated carbocycles. The van der Waals surface area contributed by atoms with E-state index in [1.54, 1.807) is 6.92 Å². The first-order valence-electron chi connectivity index (χ1n) is 11.9. The number of hydrogen-bond donors (Lipinski definition) is 1. The minimum absolute atomic E-state index is 0.0131. The fraction of sp³-hybridized carbons (Fsp3) is 0.310. The molecule has 1 N–H and O–H groups in total. The van der Waals surface area contributed by atoms with E-state index in [4.69, 9.17) is 0 Å². The molecule has 3 aromatic carbocycles. The highest BCUT2D eigenvalue weighted by atomic mass is 16.2. The van der Waals surface area contributed by atoms with E-state index in [0.717, 1.165) is 42.7 Å². The third-order valence-corrected chi connectivity index (χ3v) is 7.28. The molecule has 1 fully saturated rings. The zero-order valence-corrected chi connectivity index (χ0v) is 19.1. The monoisotopic (exact) mass is 438 g/mol. The summed E-state index contributed by atoms with van der Waals surface area (Å²) in [5.41, 5.74) is 5.92. The van der Waals surface area contributed by atoms with E-state index < -0.39 is 0 Å². The molecule has 0 radical (unpaired) electrons. The lowest BCUT2D eigenvalue weighted by atomic mass is 9.70. The van der Waals surface area contributed by atoms with E-state index in [-0.39, 0.29) is 17.2 Å². The third-order valence-electron chi connectivity index (χ3n) is 7.28. The first-order chi connectivity index (χ1) is 16.1. The van der Waals surface area contributed by atoms with Crippen molar-refractivity contribution in [2.75, 3.05) is 16.8 Å². The summed E-state index contributed by atoms with van der Waals surface area (Å²) in [7, 11) is 0. The Hall–Kier alpha value is -3.40. The Bertz CT molecular complexity index is 1180. The second kappa shape index (κ2) is 8.86. The predicted octanol–water partition coefficient (Wildman–Crippen LogP) is 6.10. The van der Waals surface area contributed by atoms with Crippen LogP contribution >= 0.6 is 0 Å². The Morgan fingerprint density at radius 2 is 1.64 bits per heavy atom. The molecule has 0 atom stereocenters. The number of rotatable bonds is 4. The van der Waals surface area contributed by atoms with Crippen LogP contribution in [-0.4, -0.2) is 18.4 Å². The van der Waals surface area contributed by atoms with Gasteiger partial charge in [-0.1, -0.05) is 67.8 Å². The lowest BCUT2D eigenvalue weighted by Gasteiger charge is -2.34. The normalized spacial score (nSPS) is 16.5. The molecular weight excluding hydrogens is 408 g/mol. The standard InChI is InChI=1S/C29H30N2O2/c1-21(32)31-20-29(16-8-3-9-17-29)25-19-24(14-15-27(25)31)28(33)30-26-13-7-6-12-23(26)18-22-10-4-2-5-11-22/h2,4-7,10-15,19H,3,8-9,16-18,20H2,1H3,(H,30,33). The minimum atomic E-state index is -0.106. The average molecular weight is 439 g/mol. The average Bonchev–Trinajstić information content (AvgIpc) is 3.15. The van der Waals surface area contributed by atoms with Gasteiger partial charge >= 0.3 is 0 Å². The Kier molecular flexibility index (Phi) is 5.76. The number of fused-ring (bicyclic) bond motifs is 2. The molecule has 33 heavy (non-hydrogen) atoms. The predicted molar refractivity (Wildman–Crippen MR) is 133 cm³/mol. The van der Waals surface area contributed by atoms with Crippen LogP contribution in [0.4, 0.5) is 11.4 Å². The van der Waals surface area contributed by atoms with Gasteiger partial charge in [0.05, 0.1) is 0 Å². The number of anilines is 2. The van der Waals surface area contributed by atoms with E-state index in [2.05, 4.69) is 23.5 Å². The Morgan fingerprint density at radius 1 is 0.909 bits per heavy atom. The molecule has 0 saturated heterocycles. The van der Waals surface area contributed by atoms with Crippen LogP contribution in [0, 0.1) is 0 Å². The number of amides is 2. The molecule has 3 aromatic rings. The number of benzene rings is 3. The van der Waals surface area contributed by atoms with Crippen molar-refractivity contribution in [3.05, 3.63) is 95.1 Å². The molecule has 5 rings (SSSR count). The molecule has 4 nitrogen and oxygen atoms in total. The summed E-state index contributed by atoms with van der Waals surface area (Å²) >= 11 is 0. The van der Waals surface area contributed by atoms with Gasteiger partial charge in [0.1, 0.15) is 0 Å². The van der Waals surface area contributed by atoms with Crippen LogP contribution < -0.4 is 10.2 Å². The summed E-state index contributed by atoms with van der Waals surface area (Å²) in [5.74, 6) is -0.0312. The number of nitrogens with zero attached hydrogens (tertiary/aromatic N) is 1. The lowest BCUT2D eigenvalue weighted by molar-refractivity contribution is -0.116. The Labute approximate surface area is 195 Å². The molecule has 0 aromatic heterocycles. The maximum absolute atomic E-state index is 13.3. The highest BCUT2D eigenvalue weighted by Crippen LogP contribution is 2.49. The Morgan fingerprint density at radius 3 is 2.39 bits per heavy atom. The molecule has 1 aliphatic carbocycles. The summed E-state index contributed by atoms with van der Waals surface area (Å²) in [6, 6.07) is 24.1. The molecule has 4 heteroatoms. The molecular formula is C29H30N2O2. The topological polar surface area (TPSA) is 49.4 Å². The second-order valence-electron chi connectivity index (χ2n) is 9.45. The van der Waals surface area contributed by atoms with Crippen molar-refractivity contribution >= 4 is 23.2 Å². The minimum Gasteiger partial charge on any atom is -0.322 e. The van der Waals surface area contributed by atoms with Crippen molar-refractivity contribution in [1.29, 1.82) is 0 Å². The number of carbonyl (C=O) groups is 2. The van der Waals surface area contributed by atoms with Crippen molar-refractivity contribution in [1.82, 2.24) is 0 Å². The van der Waals surface area contributed by atoms with Gasteiger partial charge in [0.2, 0.25) is 5.91 Å². The molecule has 2 amide bonds. The second-order valence-corrected chi connectivity index (χ2v) is 9.45. The van der Waals surface area contributed by atoms with Gasteiger partial charge in [-0.25, -0.2) is 0 Å². The van der Waals surface area contributed by atoms with Gasteiger partial charge in [-0.05, 0) is 60.2 Å². The van der Waals surface area contributed by atoms with Crippen molar-refractivity contribution in [3.8, 4) is 0 Å². The number of nitrogens with one attached hydrogen (secondary N) is 1. The van der Waals surface area contributed by atoms with E-state index >= 15 is 0 Å². The first kappa shape index (κ1) is 21.4. The number of hydrogen-bond acceptors (Lipinski definition) is 2. The van der Waals surface area contributed by atoms with Gasteiger partial charge in [-0.3, -0.25) is 9.59 Å². The fourth-order valence-electron chi connectivity index (χ4n) is 5.55. The van der Waals surface area contributed by atoms with Crippen molar-refractivity contribution in [2.24, 2.45) is 0 Å². The van der Waals surface area contributed by atoms with Gasteiger partial charge < -0.3 is 10.2 Å². The van der Waals surface area contributed by atoms with Crippen LogP contribution in [0.5, 0.6) is 0 Å². The highest BCUT2D eigenvalue weighted by Gasteiger charge is 2.44. The highest BCUT2D eigenvalue weighted by molar-refractivity contribution is 6.06. The molecule has 168 valence electrons. The van der Waals surface area contributed by atoms with Crippen LogP contribution in [0.2, 0.25) is 0 Å². The number of carbonyl (C=O) groups excluding carboxylic acids is 2. The third kappa shape index (κ3) is 4.18.